The van der Waals surface area contributed by atoms with Gasteiger partial charge < -0.3 is 5.11 Å². The molecule has 0 radical (unpaired) electrons. The number of aliphatic hydroxyl groups is 1. The van der Waals surface area contributed by atoms with Crippen molar-refractivity contribution in [1.29, 1.82) is 0 Å². The fourth-order valence-corrected chi connectivity index (χ4v) is 2.77. The number of pyridine rings is 2. The lowest BCUT2D eigenvalue weighted by atomic mass is 9.81. The van der Waals surface area contributed by atoms with Gasteiger partial charge in [0.2, 0.25) is 0 Å². The maximum Gasteiger partial charge on any atom is 0.141 e. The molecule has 0 saturated carbocycles. The van der Waals surface area contributed by atoms with E-state index >= 15 is 0 Å². The summed E-state index contributed by atoms with van der Waals surface area (Å²) in [5, 5.41) is 10.5. The molecule has 0 saturated heterocycles. The van der Waals surface area contributed by atoms with Crippen LogP contribution in [0.25, 0.3) is 0 Å². The molecule has 2 heterocycles. The van der Waals surface area contributed by atoms with Crippen LogP contribution in [0.5, 0.6) is 0 Å². The SMILES string of the molecule is OC(c1cncc(F)c1)C1CCCc2cccnc21. The average molecular weight is 258 g/mol. The van der Waals surface area contributed by atoms with Crippen molar-refractivity contribution in [2.45, 2.75) is 31.3 Å². The van der Waals surface area contributed by atoms with Crippen LogP contribution in [-0.4, -0.2) is 15.1 Å². The Morgan fingerprint density at radius 1 is 1.37 bits per heavy atom. The summed E-state index contributed by atoms with van der Waals surface area (Å²) < 4.78 is 13.2. The summed E-state index contributed by atoms with van der Waals surface area (Å²) in [5.41, 5.74) is 2.64. The summed E-state index contributed by atoms with van der Waals surface area (Å²) in [7, 11) is 0. The second kappa shape index (κ2) is 5.05. The Bertz CT molecular complexity index is 588. The molecule has 4 heteroatoms. The third kappa shape index (κ3) is 2.36. The Kier molecular flexibility index (Phi) is 3.25. The molecule has 1 aliphatic carbocycles. The van der Waals surface area contributed by atoms with Crippen LogP contribution in [0, 0.1) is 5.82 Å². The third-order valence-electron chi connectivity index (χ3n) is 3.69. The highest BCUT2D eigenvalue weighted by Crippen LogP contribution is 2.38. The molecule has 1 aliphatic rings. The molecule has 2 atom stereocenters. The van der Waals surface area contributed by atoms with Gasteiger partial charge in [0.05, 0.1) is 12.3 Å². The molecule has 3 rings (SSSR count). The van der Waals surface area contributed by atoms with E-state index in [0.717, 1.165) is 31.2 Å². The van der Waals surface area contributed by atoms with Crippen molar-refractivity contribution in [3.05, 3.63) is 59.4 Å². The molecule has 0 fully saturated rings. The molecule has 1 N–H and O–H groups in total. The summed E-state index contributed by atoms with van der Waals surface area (Å²) in [5.74, 6) is -0.498. The molecule has 2 unspecified atom stereocenters. The quantitative estimate of drug-likeness (QED) is 0.901. The molecule has 0 spiro atoms. The minimum atomic E-state index is -0.753. The number of halogens is 1. The normalized spacial score (nSPS) is 19.8. The fourth-order valence-electron chi connectivity index (χ4n) is 2.77. The van der Waals surface area contributed by atoms with Crippen molar-refractivity contribution in [1.82, 2.24) is 9.97 Å². The monoisotopic (exact) mass is 258 g/mol. The van der Waals surface area contributed by atoms with Crippen molar-refractivity contribution in [2.75, 3.05) is 0 Å². The maximum atomic E-state index is 13.2. The van der Waals surface area contributed by atoms with Crippen LogP contribution in [0.3, 0.4) is 0 Å². The van der Waals surface area contributed by atoms with Crippen molar-refractivity contribution in [2.24, 2.45) is 0 Å². The smallest absolute Gasteiger partial charge is 0.141 e. The minimum Gasteiger partial charge on any atom is -0.388 e. The number of hydrogen-bond donors (Lipinski definition) is 1. The number of aliphatic hydroxyl groups excluding tert-OH is 1. The molecule has 0 amide bonds. The Balaban J connectivity index is 1.95. The predicted molar refractivity (Wildman–Crippen MR) is 69.1 cm³/mol. The van der Waals surface area contributed by atoms with Gasteiger partial charge in [0.15, 0.2) is 0 Å². The van der Waals surface area contributed by atoms with Gasteiger partial charge in [-0.2, -0.15) is 0 Å². The van der Waals surface area contributed by atoms with Crippen molar-refractivity contribution in [3.8, 4) is 0 Å². The van der Waals surface area contributed by atoms with Crippen LogP contribution in [0.4, 0.5) is 4.39 Å². The van der Waals surface area contributed by atoms with E-state index < -0.39 is 11.9 Å². The molecule has 0 aromatic carbocycles. The summed E-state index contributed by atoms with van der Waals surface area (Å²) in [6, 6.07) is 5.30. The van der Waals surface area contributed by atoms with Crippen LogP contribution in [-0.2, 0) is 6.42 Å². The molecular weight excluding hydrogens is 243 g/mol. The van der Waals surface area contributed by atoms with E-state index in [-0.39, 0.29) is 5.92 Å². The van der Waals surface area contributed by atoms with Gasteiger partial charge in [-0.3, -0.25) is 9.97 Å². The van der Waals surface area contributed by atoms with Crippen LogP contribution in [0.15, 0.2) is 36.8 Å². The van der Waals surface area contributed by atoms with Gasteiger partial charge in [-0.1, -0.05) is 6.07 Å². The Hall–Kier alpha value is -1.81. The second-order valence-corrected chi connectivity index (χ2v) is 4.93. The topological polar surface area (TPSA) is 46.0 Å². The van der Waals surface area contributed by atoms with Gasteiger partial charge in [-0.25, -0.2) is 4.39 Å². The first-order chi connectivity index (χ1) is 9.25. The fraction of sp³-hybridized carbons (Fsp3) is 0.333. The average Bonchev–Trinajstić information content (AvgIpc) is 2.46. The standard InChI is InChI=1S/C15H15FN2O/c16-12-7-11(8-17-9-12)15(19)13-5-1-3-10-4-2-6-18-14(10)13/h2,4,6-9,13,15,19H,1,3,5H2. The summed E-state index contributed by atoms with van der Waals surface area (Å²) >= 11 is 0. The van der Waals surface area contributed by atoms with Crippen molar-refractivity contribution < 1.29 is 9.50 Å². The molecule has 98 valence electrons. The highest BCUT2D eigenvalue weighted by Gasteiger charge is 2.29. The van der Waals surface area contributed by atoms with E-state index in [1.165, 1.54) is 17.8 Å². The number of aromatic nitrogens is 2. The predicted octanol–water partition coefficient (Wildman–Crippen LogP) is 2.77. The molecule has 3 nitrogen and oxygen atoms in total. The Morgan fingerprint density at radius 3 is 3.11 bits per heavy atom. The highest BCUT2D eigenvalue weighted by molar-refractivity contribution is 5.29. The lowest BCUT2D eigenvalue weighted by molar-refractivity contribution is 0.133. The molecular formula is C15H15FN2O. The first kappa shape index (κ1) is 12.2. The van der Waals surface area contributed by atoms with E-state index in [4.69, 9.17) is 0 Å². The van der Waals surface area contributed by atoms with Gasteiger partial charge >= 0.3 is 0 Å². The van der Waals surface area contributed by atoms with Gasteiger partial charge in [0.1, 0.15) is 5.82 Å². The van der Waals surface area contributed by atoms with Crippen molar-refractivity contribution >= 4 is 0 Å². The molecule has 19 heavy (non-hydrogen) atoms. The lowest BCUT2D eigenvalue weighted by Crippen LogP contribution is -2.18. The maximum absolute atomic E-state index is 13.2. The van der Waals surface area contributed by atoms with Crippen LogP contribution in [0.2, 0.25) is 0 Å². The molecule has 2 aromatic heterocycles. The minimum absolute atomic E-state index is 0.0754. The van der Waals surface area contributed by atoms with Crippen LogP contribution in [0.1, 0.15) is 41.7 Å². The summed E-state index contributed by atoms with van der Waals surface area (Å²) in [4.78, 5) is 8.20. The molecule has 0 bridgehead atoms. The lowest BCUT2D eigenvalue weighted by Gasteiger charge is -2.28. The van der Waals surface area contributed by atoms with Crippen LogP contribution < -0.4 is 0 Å². The number of aryl methyl sites for hydroxylation is 1. The zero-order valence-corrected chi connectivity index (χ0v) is 10.5. The number of nitrogens with zero attached hydrogens (tertiary/aromatic N) is 2. The molecule has 2 aromatic rings. The first-order valence-electron chi connectivity index (χ1n) is 6.48. The number of hydrogen-bond acceptors (Lipinski definition) is 3. The number of rotatable bonds is 2. The van der Waals surface area contributed by atoms with Crippen LogP contribution >= 0.6 is 0 Å². The third-order valence-corrected chi connectivity index (χ3v) is 3.69. The Morgan fingerprint density at radius 2 is 2.26 bits per heavy atom. The Labute approximate surface area is 111 Å². The van der Waals surface area contributed by atoms with Gasteiger partial charge in [0.25, 0.3) is 0 Å². The second-order valence-electron chi connectivity index (χ2n) is 4.93. The van der Waals surface area contributed by atoms with E-state index in [1.54, 1.807) is 6.20 Å². The van der Waals surface area contributed by atoms with E-state index in [2.05, 4.69) is 9.97 Å². The van der Waals surface area contributed by atoms with Crippen molar-refractivity contribution in [3.63, 3.8) is 0 Å². The van der Waals surface area contributed by atoms with Gasteiger partial charge in [-0.15, -0.1) is 0 Å². The largest absolute Gasteiger partial charge is 0.388 e. The molecule has 0 aliphatic heterocycles. The van der Waals surface area contributed by atoms with Gasteiger partial charge in [0, 0.05) is 29.6 Å². The van der Waals surface area contributed by atoms with Gasteiger partial charge in [-0.05, 0) is 37.0 Å². The zero-order chi connectivity index (χ0) is 13.2. The summed E-state index contributed by atoms with van der Waals surface area (Å²) in [6.45, 7) is 0. The van der Waals surface area contributed by atoms with E-state index in [1.807, 2.05) is 12.1 Å². The zero-order valence-electron chi connectivity index (χ0n) is 10.5. The van der Waals surface area contributed by atoms with E-state index in [9.17, 15) is 9.50 Å². The highest BCUT2D eigenvalue weighted by atomic mass is 19.1. The first-order valence-corrected chi connectivity index (χ1v) is 6.48. The van der Waals surface area contributed by atoms with E-state index in [0.29, 0.717) is 5.56 Å². The summed E-state index contributed by atoms with van der Waals surface area (Å²) in [6.07, 6.45) is 6.53. The number of fused-ring (bicyclic) bond motifs is 1.